The first-order valence-electron chi connectivity index (χ1n) is 5.65. The van der Waals surface area contributed by atoms with Crippen LogP contribution >= 0.6 is 0 Å². The molecule has 0 aromatic rings. The van der Waals surface area contributed by atoms with Crippen molar-refractivity contribution >= 4 is 18.1 Å². The SMILES string of the molecule is CCCCCCCCOC(=O)C(=C=[N-])C=O. The van der Waals surface area contributed by atoms with Gasteiger partial charge in [-0.1, -0.05) is 39.0 Å². The first kappa shape index (κ1) is 14.6. The summed E-state index contributed by atoms with van der Waals surface area (Å²) in [4.78, 5) is 21.3. The number of ether oxygens (including phenoxy) is 1. The van der Waals surface area contributed by atoms with Gasteiger partial charge in [-0.25, -0.2) is 4.79 Å². The second-order valence-corrected chi connectivity index (χ2v) is 3.55. The van der Waals surface area contributed by atoms with E-state index in [1.165, 1.54) is 25.1 Å². The number of nitrogens with zero attached hydrogens (tertiary/aromatic N) is 1. The zero-order chi connectivity index (χ0) is 12.2. The Morgan fingerprint density at radius 2 is 1.88 bits per heavy atom. The minimum absolute atomic E-state index is 0.226. The highest BCUT2D eigenvalue weighted by Crippen LogP contribution is 2.05. The lowest BCUT2D eigenvalue weighted by Crippen LogP contribution is -2.10. The van der Waals surface area contributed by atoms with Crippen LogP contribution < -0.4 is 0 Å². The van der Waals surface area contributed by atoms with Gasteiger partial charge < -0.3 is 10.1 Å². The van der Waals surface area contributed by atoms with Gasteiger partial charge >= 0.3 is 5.97 Å². The average Bonchev–Trinajstić information content (AvgIpc) is 2.29. The van der Waals surface area contributed by atoms with E-state index >= 15 is 0 Å². The van der Waals surface area contributed by atoms with E-state index in [1.54, 1.807) is 0 Å². The molecule has 0 amide bonds. The summed E-state index contributed by atoms with van der Waals surface area (Å²) in [6.07, 6.45) is 6.79. The minimum Gasteiger partial charge on any atom is -0.762 e. The molecule has 0 rings (SSSR count). The molecule has 0 saturated heterocycles. The molecular weight excluding hydrogens is 206 g/mol. The summed E-state index contributed by atoms with van der Waals surface area (Å²) in [5, 5.41) is 8.38. The third-order valence-electron chi connectivity index (χ3n) is 2.19. The lowest BCUT2D eigenvalue weighted by atomic mass is 10.1. The second kappa shape index (κ2) is 10.1. The molecule has 0 spiro atoms. The molecule has 0 radical (unpaired) electrons. The number of hydrogen-bond donors (Lipinski definition) is 0. The van der Waals surface area contributed by atoms with Crippen LogP contribution in [0.15, 0.2) is 5.57 Å². The Labute approximate surface area is 96.2 Å². The fraction of sp³-hybridized carbons (Fsp3) is 0.667. The fourth-order valence-corrected chi connectivity index (χ4v) is 1.25. The molecule has 0 saturated carbocycles. The van der Waals surface area contributed by atoms with E-state index in [0.29, 0.717) is 0 Å². The molecule has 0 unspecified atom stereocenters. The first-order chi connectivity index (χ1) is 7.76. The van der Waals surface area contributed by atoms with Gasteiger partial charge in [-0.3, -0.25) is 10.7 Å². The maximum absolute atomic E-state index is 11.0. The Hall–Kier alpha value is -1.41. The molecule has 4 nitrogen and oxygen atoms in total. The van der Waals surface area contributed by atoms with E-state index in [-0.39, 0.29) is 12.9 Å². The Balaban J connectivity index is 3.48. The molecular formula is C12H18NO3-. The Bertz CT molecular complexity index is 267. The van der Waals surface area contributed by atoms with Crippen LogP contribution in [0.2, 0.25) is 0 Å². The number of hydrogen-bond acceptors (Lipinski definition) is 3. The third kappa shape index (κ3) is 6.96. The number of carbonyl (C=O) groups excluding carboxylic acids is 2. The lowest BCUT2D eigenvalue weighted by Gasteiger charge is -2.03. The molecule has 0 atom stereocenters. The number of aldehydes is 1. The summed E-state index contributed by atoms with van der Waals surface area (Å²) >= 11 is 0. The van der Waals surface area contributed by atoms with E-state index in [4.69, 9.17) is 10.1 Å². The van der Waals surface area contributed by atoms with Gasteiger partial charge in [0.2, 0.25) is 0 Å². The molecule has 0 aromatic carbocycles. The average molecular weight is 224 g/mol. The van der Waals surface area contributed by atoms with Gasteiger partial charge in [-0.2, -0.15) is 0 Å². The van der Waals surface area contributed by atoms with E-state index in [1.807, 2.05) is 0 Å². The lowest BCUT2D eigenvalue weighted by molar-refractivity contribution is -0.139. The molecule has 0 heterocycles. The summed E-state index contributed by atoms with van der Waals surface area (Å²) in [5.41, 5.74) is -0.467. The van der Waals surface area contributed by atoms with Gasteiger partial charge in [0.1, 0.15) is 5.57 Å². The maximum atomic E-state index is 11.0. The largest absolute Gasteiger partial charge is 0.762 e. The summed E-state index contributed by atoms with van der Waals surface area (Å²) in [6.45, 7) is 2.43. The quantitative estimate of drug-likeness (QED) is 0.115. The van der Waals surface area contributed by atoms with Crippen LogP contribution in [0.25, 0.3) is 5.41 Å². The van der Waals surface area contributed by atoms with Crippen molar-refractivity contribution in [1.29, 1.82) is 0 Å². The highest BCUT2D eigenvalue weighted by Gasteiger charge is 2.06. The molecule has 16 heavy (non-hydrogen) atoms. The van der Waals surface area contributed by atoms with Crippen molar-refractivity contribution in [2.24, 2.45) is 0 Å². The van der Waals surface area contributed by atoms with Crippen LogP contribution in [0, 0.1) is 0 Å². The predicted octanol–water partition coefficient (Wildman–Crippen LogP) is 2.25. The van der Waals surface area contributed by atoms with Crippen LogP contribution in [0.4, 0.5) is 0 Å². The van der Waals surface area contributed by atoms with Gasteiger partial charge in [-0.15, -0.1) is 0 Å². The first-order valence-corrected chi connectivity index (χ1v) is 5.65. The van der Waals surface area contributed by atoms with E-state index in [2.05, 4.69) is 6.92 Å². The van der Waals surface area contributed by atoms with Gasteiger partial charge in [0.15, 0.2) is 6.29 Å². The van der Waals surface area contributed by atoms with Gasteiger partial charge in [0.05, 0.1) is 6.61 Å². The Kier molecular flexibility index (Phi) is 9.23. The van der Waals surface area contributed by atoms with Crippen molar-refractivity contribution in [3.63, 3.8) is 0 Å². The van der Waals surface area contributed by atoms with Crippen LogP contribution in [0.5, 0.6) is 0 Å². The molecule has 0 N–H and O–H groups in total. The second-order valence-electron chi connectivity index (χ2n) is 3.55. The van der Waals surface area contributed by atoms with Crippen molar-refractivity contribution in [1.82, 2.24) is 0 Å². The zero-order valence-corrected chi connectivity index (χ0v) is 9.70. The maximum Gasteiger partial charge on any atom is 0.347 e. The van der Waals surface area contributed by atoms with Crippen LogP contribution in [0.1, 0.15) is 45.4 Å². The normalized spacial score (nSPS) is 9.31. The number of carbonyl (C=O) groups is 2. The minimum atomic E-state index is -0.814. The van der Waals surface area contributed by atoms with E-state index in [0.717, 1.165) is 19.3 Å². The molecule has 0 aromatic heterocycles. The number of unbranched alkanes of at least 4 members (excludes halogenated alkanes) is 5. The van der Waals surface area contributed by atoms with Crippen molar-refractivity contribution in [3.8, 4) is 0 Å². The molecule has 90 valence electrons. The Morgan fingerprint density at radius 1 is 1.25 bits per heavy atom. The fourth-order valence-electron chi connectivity index (χ4n) is 1.25. The molecule has 0 aliphatic heterocycles. The summed E-state index contributed by atoms with van der Waals surface area (Å²) < 4.78 is 4.76. The van der Waals surface area contributed by atoms with Crippen molar-refractivity contribution in [3.05, 3.63) is 11.0 Å². The third-order valence-corrected chi connectivity index (χ3v) is 2.19. The molecule has 0 aliphatic rings. The standard InChI is InChI=1S/C12H18NO3/c1-2-3-4-5-6-7-8-16-12(15)11(9-13)10-14/h10H,2-8H2,1H3/q-1. The van der Waals surface area contributed by atoms with Crippen molar-refractivity contribution in [2.45, 2.75) is 45.4 Å². The number of rotatable bonds is 9. The van der Waals surface area contributed by atoms with Crippen molar-refractivity contribution < 1.29 is 14.3 Å². The molecule has 0 aliphatic carbocycles. The zero-order valence-electron chi connectivity index (χ0n) is 9.70. The van der Waals surface area contributed by atoms with E-state index < -0.39 is 11.5 Å². The highest BCUT2D eigenvalue weighted by atomic mass is 16.5. The smallest absolute Gasteiger partial charge is 0.347 e. The highest BCUT2D eigenvalue weighted by molar-refractivity contribution is 6.15. The van der Waals surface area contributed by atoms with Gasteiger partial charge in [0.25, 0.3) is 0 Å². The van der Waals surface area contributed by atoms with Crippen LogP contribution in [-0.2, 0) is 14.3 Å². The predicted molar refractivity (Wildman–Crippen MR) is 62.3 cm³/mol. The molecule has 0 bridgehead atoms. The summed E-state index contributed by atoms with van der Waals surface area (Å²) in [7, 11) is 0. The van der Waals surface area contributed by atoms with E-state index in [9.17, 15) is 9.59 Å². The topological polar surface area (TPSA) is 65.7 Å². The monoisotopic (exact) mass is 224 g/mol. The van der Waals surface area contributed by atoms with Crippen molar-refractivity contribution in [2.75, 3.05) is 6.61 Å². The Morgan fingerprint density at radius 3 is 2.44 bits per heavy atom. The van der Waals surface area contributed by atoms with Crippen LogP contribution in [-0.4, -0.2) is 24.7 Å². The van der Waals surface area contributed by atoms with Crippen LogP contribution in [0.3, 0.4) is 0 Å². The molecule has 0 fully saturated rings. The van der Waals surface area contributed by atoms with Gasteiger partial charge in [-0.05, 0) is 6.42 Å². The summed E-state index contributed by atoms with van der Waals surface area (Å²) in [5.74, 6) is 0.681. The summed E-state index contributed by atoms with van der Waals surface area (Å²) in [6, 6.07) is 0. The van der Waals surface area contributed by atoms with Gasteiger partial charge in [0, 0.05) is 0 Å². The molecule has 4 heteroatoms. The number of esters is 1.